The van der Waals surface area contributed by atoms with E-state index < -0.39 is 17.1 Å². The van der Waals surface area contributed by atoms with Crippen LogP contribution in [0.1, 0.15) is 52.1 Å². The maximum absolute atomic E-state index is 13.8. The van der Waals surface area contributed by atoms with Crippen LogP contribution in [0.15, 0.2) is 138 Å². The summed E-state index contributed by atoms with van der Waals surface area (Å²) >= 11 is 1.34. The zero-order valence-electron chi connectivity index (χ0n) is 28.3. The standard InChI is InChI=1S/C41H39N3O5S/c1-27(2)29-20-18-28(19-21-29)24-36(44-39(45)31-14-9-6-10-15-31)40(46)42-32-16-11-17-34(25-32)50-38(30-12-7-5-8-13-30)41(47)43-35-26-33(48-3)22-23-37(35)49-4/h5-27,38H,1-4H3,(H,42,46)(H,43,47)(H,44,45)/b36-24+. The fourth-order valence-electron chi connectivity index (χ4n) is 5.08. The van der Waals surface area contributed by atoms with Gasteiger partial charge in [-0.15, -0.1) is 11.8 Å². The summed E-state index contributed by atoms with van der Waals surface area (Å²) in [5, 5.41) is 8.08. The number of methoxy groups -OCH3 is 2. The van der Waals surface area contributed by atoms with Crippen LogP contribution in [0.4, 0.5) is 11.4 Å². The molecule has 0 aliphatic rings. The van der Waals surface area contributed by atoms with Crippen molar-refractivity contribution in [1.82, 2.24) is 5.32 Å². The van der Waals surface area contributed by atoms with Crippen LogP contribution in [0.25, 0.3) is 6.08 Å². The smallest absolute Gasteiger partial charge is 0.272 e. The Morgan fingerprint density at radius 1 is 0.700 bits per heavy atom. The number of hydrogen-bond acceptors (Lipinski definition) is 6. The van der Waals surface area contributed by atoms with Gasteiger partial charge < -0.3 is 25.4 Å². The van der Waals surface area contributed by atoms with Gasteiger partial charge in [-0.2, -0.15) is 0 Å². The molecule has 0 fully saturated rings. The number of hydrogen-bond donors (Lipinski definition) is 3. The molecule has 0 aliphatic carbocycles. The molecule has 1 atom stereocenters. The van der Waals surface area contributed by atoms with E-state index >= 15 is 0 Å². The summed E-state index contributed by atoms with van der Waals surface area (Å²) in [6.45, 7) is 4.23. The van der Waals surface area contributed by atoms with Crippen LogP contribution in [-0.2, 0) is 9.59 Å². The van der Waals surface area contributed by atoms with E-state index in [0.29, 0.717) is 34.4 Å². The second kappa shape index (κ2) is 17.0. The molecule has 0 radical (unpaired) electrons. The highest BCUT2D eigenvalue weighted by molar-refractivity contribution is 8.00. The number of carbonyl (C=O) groups excluding carboxylic acids is 3. The molecule has 0 aliphatic heterocycles. The van der Waals surface area contributed by atoms with Crippen molar-refractivity contribution in [2.75, 3.05) is 24.9 Å². The highest BCUT2D eigenvalue weighted by atomic mass is 32.2. The van der Waals surface area contributed by atoms with Gasteiger partial charge in [0.15, 0.2) is 0 Å². The summed E-state index contributed by atoms with van der Waals surface area (Å²) in [7, 11) is 3.10. The Labute approximate surface area is 296 Å². The predicted octanol–water partition coefficient (Wildman–Crippen LogP) is 8.71. The zero-order valence-corrected chi connectivity index (χ0v) is 29.1. The molecular formula is C41H39N3O5S. The van der Waals surface area contributed by atoms with Crippen LogP contribution in [0.2, 0.25) is 0 Å². The van der Waals surface area contributed by atoms with Gasteiger partial charge in [-0.3, -0.25) is 14.4 Å². The van der Waals surface area contributed by atoms with Crippen LogP contribution < -0.4 is 25.4 Å². The third-order valence-electron chi connectivity index (χ3n) is 7.79. The van der Waals surface area contributed by atoms with Crippen molar-refractivity contribution in [3.8, 4) is 11.5 Å². The molecule has 3 amide bonds. The first-order valence-corrected chi connectivity index (χ1v) is 17.0. The van der Waals surface area contributed by atoms with Gasteiger partial charge in [0.2, 0.25) is 5.91 Å². The summed E-state index contributed by atoms with van der Waals surface area (Å²) in [5.41, 5.74) is 4.22. The van der Waals surface area contributed by atoms with Gasteiger partial charge in [-0.05, 0) is 71.1 Å². The van der Waals surface area contributed by atoms with Crippen molar-refractivity contribution in [3.63, 3.8) is 0 Å². The fourth-order valence-corrected chi connectivity index (χ4v) is 6.16. The molecule has 254 valence electrons. The molecule has 0 saturated carbocycles. The van der Waals surface area contributed by atoms with Gasteiger partial charge in [0.05, 0.1) is 19.9 Å². The largest absolute Gasteiger partial charge is 0.497 e. The third-order valence-corrected chi connectivity index (χ3v) is 9.04. The number of benzene rings is 5. The van der Waals surface area contributed by atoms with Gasteiger partial charge >= 0.3 is 0 Å². The third kappa shape index (κ3) is 9.42. The lowest BCUT2D eigenvalue weighted by Crippen LogP contribution is -2.30. The van der Waals surface area contributed by atoms with Crippen LogP contribution in [-0.4, -0.2) is 31.9 Å². The fraction of sp³-hybridized carbons (Fsp3) is 0.146. The molecule has 3 N–H and O–H groups in total. The van der Waals surface area contributed by atoms with Crippen molar-refractivity contribution in [1.29, 1.82) is 0 Å². The second-order valence-corrected chi connectivity index (χ2v) is 12.8. The van der Waals surface area contributed by atoms with Gasteiger partial charge in [0.25, 0.3) is 11.8 Å². The summed E-state index contributed by atoms with van der Waals surface area (Å²) in [6, 6.07) is 38.5. The highest BCUT2D eigenvalue weighted by Crippen LogP contribution is 2.38. The van der Waals surface area contributed by atoms with Crippen molar-refractivity contribution in [2.24, 2.45) is 0 Å². The lowest BCUT2D eigenvalue weighted by molar-refractivity contribution is -0.116. The van der Waals surface area contributed by atoms with E-state index in [2.05, 4.69) is 29.8 Å². The normalized spacial score (nSPS) is 11.7. The average Bonchev–Trinajstić information content (AvgIpc) is 3.14. The SMILES string of the molecule is COc1ccc(OC)c(NC(=O)C(Sc2cccc(NC(=O)/C(=C\c3ccc(C(C)C)cc3)NC(=O)c3ccccc3)c2)c2ccccc2)c1. The molecule has 1 unspecified atom stereocenters. The summed E-state index contributed by atoms with van der Waals surface area (Å²) in [4.78, 5) is 41.5. The number of rotatable bonds is 13. The number of anilines is 2. The van der Waals surface area contributed by atoms with Crippen LogP contribution >= 0.6 is 11.8 Å². The van der Waals surface area contributed by atoms with Crippen molar-refractivity contribution in [3.05, 3.63) is 155 Å². The van der Waals surface area contributed by atoms with E-state index in [0.717, 1.165) is 16.0 Å². The van der Waals surface area contributed by atoms with Crippen molar-refractivity contribution >= 4 is 46.9 Å². The van der Waals surface area contributed by atoms with E-state index in [9.17, 15) is 14.4 Å². The highest BCUT2D eigenvalue weighted by Gasteiger charge is 2.24. The van der Waals surface area contributed by atoms with Gasteiger partial charge in [-0.1, -0.05) is 92.7 Å². The van der Waals surface area contributed by atoms with Crippen LogP contribution in [0.3, 0.4) is 0 Å². The molecule has 50 heavy (non-hydrogen) atoms. The first kappa shape index (κ1) is 35.5. The molecule has 5 aromatic rings. The van der Waals surface area contributed by atoms with E-state index in [1.165, 1.54) is 24.4 Å². The van der Waals surface area contributed by atoms with Gasteiger partial charge in [0.1, 0.15) is 22.4 Å². The van der Waals surface area contributed by atoms with Crippen molar-refractivity contribution < 1.29 is 23.9 Å². The lowest BCUT2D eigenvalue weighted by atomic mass is 10.0. The molecule has 0 spiro atoms. The average molecular weight is 686 g/mol. The Balaban J connectivity index is 1.39. The first-order chi connectivity index (χ1) is 24.2. The molecule has 0 aromatic heterocycles. The van der Waals surface area contributed by atoms with Crippen molar-refractivity contribution in [2.45, 2.75) is 29.9 Å². The Morgan fingerprint density at radius 2 is 1.40 bits per heavy atom. The molecule has 5 aromatic carbocycles. The minimum absolute atomic E-state index is 0.0861. The maximum atomic E-state index is 13.8. The molecule has 8 nitrogen and oxygen atoms in total. The summed E-state index contributed by atoms with van der Waals surface area (Å²) < 4.78 is 10.8. The van der Waals surface area contributed by atoms with E-state index in [1.54, 1.807) is 73.8 Å². The Hall–Kier alpha value is -5.80. The zero-order chi connectivity index (χ0) is 35.5. The quantitative estimate of drug-likeness (QED) is 0.0846. The maximum Gasteiger partial charge on any atom is 0.272 e. The molecule has 0 bridgehead atoms. The number of ether oxygens (including phenoxy) is 2. The van der Waals surface area contributed by atoms with E-state index in [4.69, 9.17) is 9.47 Å². The minimum Gasteiger partial charge on any atom is -0.497 e. The number of amides is 3. The predicted molar refractivity (Wildman–Crippen MR) is 201 cm³/mol. The number of thioether (sulfide) groups is 1. The monoisotopic (exact) mass is 685 g/mol. The Bertz CT molecular complexity index is 1960. The Kier molecular flexibility index (Phi) is 12.1. The Morgan fingerprint density at radius 3 is 2.06 bits per heavy atom. The first-order valence-electron chi connectivity index (χ1n) is 16.1. The van der Waals surface area contributed by atoms with Crippen LogP contribution in [0, 0.1) is 0 Å². The van der Waals surface area contributed by atoms with Crippen LogP contribution in [0.5, 0.6) is 11.5 Å². The summed E-state index contributed by atoms with van der Waals surface area (Å²) in [6.07, 6.45) is 1.65. The molecule has 0 saturated heterocycles. The van der Waals surface area contributed by atoms with Gasteiger partial charge in [0, 0.05) is 22.2 Å². The lowest BCUT2D eigenvalue weighted by Gasteiger charge is -2.19. The second-order valence-electron chi connectivity index (χ2n) is 11.6. The molecule has 5 rings (SSSR count). The minimum atomic E-state index is -0.646. The summed E-state index contributed by atoms with van der Waals surface area (Å²) in [5.74, 6) is 0.274. The topological polar surface area (TPSA) is 106 Å². The van der Waals surface area contributed by atoms with Gasteiger partial charge in [-0.25, -0.2) is 0 Å². The van der Waals surface area contributed by atoms with E-state index in [1.807, 2.05) is 66.7 Å². The molecular weight excluding hydrogens is 647 g/mol. The van der Waals surface area contributed by atoms with E-state index in [-0.39, 0.29) is 11.6 Å². The molecule has 9 heteroatoms. The number of nitrogens with one attached hydrogen (secondary N) is 3. The molecule has 0 heterocycles. The number of carbonyl (C=O) groups is 3.